The van der Waals surface area contributed by atoms with Gasteiger partial charge in [-0.25, -0.2) is 13.4 Å². The standard InChI is InChI=1S/C19H24N4O4S/c1-3-20-19(22-14-16-5-4-6-17(13-16)23(24)25)21-12-11-15-7-9-18(10-8-15)28(2,26)27/h4-10,13H,3,11-12,14H2,1-2H3,(H2,20,21,22). The van der Waals surface area contributed by atoms with Crippen LogP contribution in [0.4, 0.5) is 5.69 Å². The van der Waals surface area contributed by atoms with Gasteiger partial charge in [-0.15, -0.1) is 0 Å². The van der Waals surface area contributed by atoms with Crippen molar-refractivity contribution in [3.8, 4) is 0 Å². The third kappa shape index (κ3) is 6.66. The number of hydrogen-bond acceptors (Lipinski definition) is 5. The first-order valence-electron chi connectivity index (χ1n) is 8.84. The average molecular weight is 404 g/mol. The number of nitrogens with one attached hydrogen (secondary N) is 2. The molecule has 28 heavy (non-hydrogen) atoms. The molecule has 0 aliphatic heterocycles. The molecule has 0 spiro atoms. The van der Waals surface area contributed by atoms with Gasteiger partial charge < -0.3 is 10.6 Å². The molecule has 2 aromatic carbocycles. The molecule has 2 N–H and O–H groups in total. The van der Waals surface area contributed by atoms with Crippen molar-refractivity contribution >= 4 is 21.5 Å². The van der Waals surface area contributed by atoms with E-state index in [2.05, 4.69) is 15.6 Å². The van der Waals surface area contributed by atoms with E-state index in [0.717, 1.165) is 11.1 Å². The highest BCUT2D eigenvalue weighted by Crippen LogP contribution is 2.14. The first-order chi connectivity index (χ1) is 13.3. The highest BCUT2D eigenvalue weighted by Gasteiger charge is 2.07. The van der Waals surface area contributed by atoms with Crippen LogP contribution in [0.2, 0.25) is 0 Å². The molecule has 0 heterocycles. The molecule has 2 rings (SSSR count). The van der Waals surface area contributed by atoms with Gasteiger partial charge in [-0.05, 0) is 36.6 Å². The zero-order valence-electron chi connectivity index (χ0n) is 15.9. The lowest BCUT2D eigenvalue weighted by molar-refractivity contribution is -0.384. The minimum absolute atomic E-state index is 0.0446. The second-order valence-electron chi connectivity index (χ2n) is 6.22. The fourth-order valence-electron chi connectivity index (χ4n) is 2.51. The molecule has 0 saturated carbocycles. The number of nitro groups is 1. The molecular weight excluding hydrogens is 380 g/mol. The Balaban J connectivity index is 1.94. The van der Waals surface area contributed by atoms with Gasteiger partial charge in [0, 0.05) is 31.5 Å². The Bertz CT molecular complexity index is 941. The predicted molar refractivity (Wildman–Crippen MR) is 109 cm³/mol. The lowest BCUT2D eigenvalue weighted by Gasteiger charge is -2.11. The van der Waals surface area contributed by atoms with Gasteiger partial charge in [-0.1, -0.05) is 24.3 Å². The van der Waals surface area contributed by atoms with E-state index < -0.39 is 14.8 Å². The zero-order valence-corrected chi connectivity index (χ0v) is 16.7. The highest BCUT2D eigenvalue weighted by atomic mass is 32.2. The maximum Gasteiger partial charge on any atom is 0.269 e. The first-order valence-corrected chi connectivity index (χ1v) is 10.7. The van der Waals surface area contributed by atoms with Crippen LogP contribution in [0, 0.1) is 10.1 Å². The fourth-order valence-corrected chi connectivity index (χ4v) is 3.14. The van der Waals surface area contributed by atoms with Crippen molar-refractivity contribution in [1.29, 1.82) is 0 Å². The van der Waals surface area contributed by atoms with Crippen LogP contribution in [-0.4, -0.2) is 38.6 Å². The van der Waals surface area contributed by atoms with Crippen LogP contribution in [0.1, 0.15) is 18.1 Å². The Labute approximate surface area is 164 Å². The first kappa shape index (κ1) is 21.4. The van der Waals surface area contributed by atoms with E-state index in [1.54, 1.807) is 36.4 Å². The van der Waals surface area contributed by atoms with Crippen molar-refractivity contribution in [2.75, 3.05) is 19.3 Å². The van der Waals surface area contributed by atoms with Gasteiger partial charge in [-0.3, -0.25) is 10.1 Å². The van der Waals surface area contributed by atoms with E-state index in [9.17, 15) is 18.5 Å². The summed E-state index contributed by atoms with van der Waals surface area (Å²) in [5.41, 5.74) is 1.81. The van der Waals surface area contributed by atoms with Crippen molar-refractivity contribution in [2.45, 2.75) is 24.8 Å². The molecule has 0 atom stereocenters. The molecule has 0 aromatic heterocycles. The van der Waals surface area contributed by atoms with Crippen LogP contribution in [0.25, 0.3) is 0 Å². The monoisotopic (exact) mass is 404 g/mol. The molecule has 0 radical (unpaired) electrons. The molecule has 0 aliphatic rings. The minimum atomic E-state index is -3.19. The Hall–Kier alpha value is -2.94. The minimum Gasteiger partial charge on any atom is -0.357 e. The molecule has 2 aromatic rings. The Morgan fingerprint density at radius 1 is 1.11 bits per heavy atom. The number of nitro benzene ring substituents is 1. The molecule has 0 bridgehead atoms. The number of non-ortho nitro benzene ring substituents is 1. The summed E-state index contributed by atoms with van der Waals surface area (Å²) in [6, 6.07) is 13.2. The normalized spacial score (nSPS) is 11.9. The molecule has 150 valence electrons. The van der Waals surface area contributed by atoms with Gasteiger partial charge >= 0.3 is 0 Å². The molecule has 0 saturated heterocycles. The van der Waals surface area contributed by atoms with Crippen molar-refractivity contribution in [2.24, 2.45) is 4.99 Å². The van der Waals surface area contributed by atoms with E-state index in [-0.39, 0.29) is 5.69 Å². The lowest BCUT2D eigenvalue weighted by Crippen LogP contribution is -2.38. The molecule has 9 heteroatoms. The summed E-state index contributed by atoms with van der Waals surface area (Å²) >= 11 is 0. The summed E-state index contributed by atoms with van der Waals surface area (Å²) in [6.45, 7) is 3.57. The summed E-state index contributed by atoms with van der Waals surface area (Å²) in [6.07, 6.45) is 1.88. The lowest BCUT2D eigenvalue weighted by atomic mass is 10.1. The molecule has 0 fully saturated rings. The summed E-state index contributed by atoms with van der Waals surface area (Å²) in [5, 5.41) is 17.2. The summed E-state index contributed by atoms with van der Waals surface area (Å²) in [4.78, 5) is 15.2. The topological polar surface area (TPSA) is 114 Å². The summed E-state index contributed by atoms with van der Waals surface area (Å²) in [5.74, 6) is 0.613. The third-order valence-electron chi connectivity index (χ3n) is 3.94. The summed E-state index contributed by atoms with van der Waals surface area (Å²) in [7, 11) is -3.19. The number of hydrogen-bond donors (Lipinski definition) is 2. The molecule has 0 aliphatic carbocycles. The second kappa shape index (κ2) is 9.84. The van der Waals surface area contributed by atoms with Gasteiger partial charge in [0.25, 0.3) is 5.69 Å². The number of sulfone groups is 1. The van der Waals surface area contributed by atoms with E-state index >= 15 is 0 Å². The van der Waals surface area contributed by atoms with E-state index in [1.165, 1.54) is 18.4 Å². The van der Waals surface area contributed by atoms with E-state index in [0.29, 0.717) is 36.9 Å². The van der Waals surface area contributed by atoms with Crippen molar-refractivity contribution in [3.05, 3.63) is 69.8 Å². The Kier molecular flexibility index (Phi) is 7.51. The number of rotatable bonds is 8. The van der Waals surface area contributed by atoms with Crippen LogP contribution in [0.5, 0.6) is 0 Å². The predicted octanol–water partition coefficient (Wildman–Crippen LogP) is 2.30. The highest BCUT2D eigenvalue weighted by molar-refractivity contribution is 7.90. The van der Waals surface area contributed by atoms with E-state index in [1.807, 2.05) is 6.92 Å². The van der Waals surface area contributed by atoms with Crippen molar-refractivity contribution < 1.29 is 13.3 Å². The SMILES string of the molecule is CCNC(=NCc1cccc([N+](=O)[O-])c1)NCCc1ccc(S(C)(=O)=O)cc1. The Morgan fingerprint density at radius 2 is 1.82 bits per heavy atom. The fraction of sp³-hybridized carbons (Fsp3) is 0.316. The van der Waals surface area contributed by atoms with Gasteiger partial charge in [0.2, 0.25) is 0 Å². The van der Waals surface area contributed by atoms with Crippen molar-refractivity contribution in [3.63, 3.8) is 0 Å². The average Bonchev–Trinajstić information content (AvgIpc) is 2.66. The van der Waals surface area contributed by atoms with Crippen LogP contribution >= 0.6 is 0 Å². The number of aliphatic imine (C=N–C) groups is 1. The Morgan fingerprint density at radius 3 is 2.43 bits per heavy atom. The van der Waals surface area contributed by atoms with Crippen molar-refractivity contribution in [1.82, 2.24) is 10.6 Å². The maximum atomic E-state index is 11.5. The number of nitrogens with zero attached hydrogens (tertiary/aromatic N) is 2. The van der Waals surface area contributed by atoms with Crippen LogP contribution < -0.4 is 10.6 Å². The number of guanidine groups is 1. The van der Waals surface area contributed by atoms with Gasteiger partial charge in [-0.2, -0.15) is 0 Å². The largest absolute Gasteiger partial charge is 0.357 e. The maximum absolute atomic E-state index is 11.5. The van der Waals surface area contributed by atoms with Crippen LogP contribution in [-0.2, 0) is 22.8 Å². The summed E-state index contributed by atoms with van der Waals surface area (Å²) < 4.78 is 23.0. The molecule has 0 amide bonds. The van der Waals surface area contributed by atoms with Gasteiger partial charge in [0.15, 0.2) is 15.8 Å². The molecular formula is C19H24N4O4S. The van der Waals surface area contributed by atoms with Gasteiger partial charge in [0.05, 0.1) is 16.4 Å². The molecule has 8 nitrogen and oxygen atoms in total. The number of benzene rings is 2. The third-order valence-corrected chi connectivity index (χ3v) is 5.07. The smallest absolute Gasteiger partial charge is 0.269 e. The van der Waals surface area contributed by atoms with Crippen LogP contribution in [0.15, 0.2) is 58.4 Å². The second-order valence-corrected chi connectivity index (χ2v) is 8.23. The molecule has 0 unspecified atom stereocenters. The quantitative estimate of drug-likeness (QED) is 0.302. The van der Waals surface area contributed by atoms with Gasteiger partial charge in [0.1, 0.15) is 0 Å². The zero-order chi connectivity index (χ0) is 20.6. The van der Waals surface area contributed by atoms with Crippen LogP contribution in [0.3, 0.4) is 0 Å². The van der Waals surface area contributed by atoms with E-state index in [4.69, 9.17) is 0 Å².